The van der Waals surface area contributed by atoms with E-state index in [2.05, 4.69) is 0 Å². The second-order valence-corrected chi connectivity index (χ2v) is 4.01. The molecule has 0 aromatic heterocycles. The Morgan fingerprint density at radius 1 is 1.06 bits per heavy atom. The largest absolute Gasteiger partial charge is 0.385 e. The number of amides is 2. The van der Waals surface area contributed by atoms with Gasteiger partial charge in [0.1, 0.15) is 0 Å². The molecule has 0 fully saturated rings. The Morgan fingerprint density at radius 3 is 2.18 bits per heavy atom. The molecule has 2 rings (SSSR count). The molecular weight excluding hydrogens is 218 g/mol. The van der Waals surface area contributed by atoms with Gasteiger partial charge in [0.05, 0.1) is 11.1 Å². The van der Waals surface area contributed by atoms with Crippen molar-refractivity contribution in [3.8, 4) is 0 Å². The predicted octanol–water partition coefficient (Wildman–Crippen LogP) is 1.71. The molecule has 0 atom stereocenters. The van der Waals surface area contributed by atoms with E-state index in [1.54, 1.807) is 31.4 Å². The van der Waals surface area contributed by atoms with E-state index in [0.29, 0.717) is 24.3 Å². The molecule has 0 saturated carbocycles. The molecule has 0 radical (unpaired) electrons. The van der Waals surface area contributed by atoms with Crippen molar-refractivity contribution in [3.63, 3.8) is 0 Å². The first-order valence-electron chi connectivity index (χ1n) is 5.70. The van der Waals surface area contributed by atoms with E-state index >= 15 is 0 Å². The minimum Gasteiger partial charge on any atom is -0.385 e. The number of fused-ring (bicyclic) bond motifs is 1. The second-order valence-electron chi connectivity index (χ2n) is 4.01. The summed E-state index contributed by atoms with van der Waals surface area (Å²) < 4.78 is 4.93. The maximum atomic E-state index is 11.9. The number of unbranched alkanes of at least 4 members (excludes halogenated alkanes) is 1. The zero-order chi connectivity index (χ0) is 12.3. The van der Waals surface area contributed by atoms with Crippen molar-refractivity contribution in [2.24, 2.45) is 0 Å². The van der Waals surface area contributed by atoms with Crippen LogP contribution < -0.4 is 0 Å². The van der Waals surface area contributed by atoms with Gasteiger partial charge in [-0.1, -0.05) is 12.1 Å². The third-order valence-corrected chi connectivity index (χ3v) is 2.86. The fraction of sp³-hybridized carbons (Fsp3) is 0.385. The van der Waals surface area contributed by atoms with E-state index in [0.717, 1.165) is 12.8 Å². The summed E-state index contributed by atoms with van der Waals surface area (Å²) in [6, 6.07) is 6.95. The first-order valence-corrected chi connectivity index (χ1v) is 5.70. The van der Waals surface area contributed by atoms with Crippen LogP contribution in [-0.2, 0) is 4.74 Å². The minimum absolute atomic E-state index is 0.178. The number of carbonyl (C=O) groups excluding carboxylic acids is 2. The van der Waals surface area contributed by atoms with E-state index < -0.39 is 0 Å². The molecule has 0 saturated heterocycles. The highest BCUT2D eigenvalue weighted by Gasteiger charge is 2.34. The number of imide groups is 1. The molecule has 1 heterocycles. The lowest BCUT2D eigenvalue weighted by Crippen LogP contribution is -2.30. The number of hydrogen-bond acceptors (Lipinski definition) is 3. The summed E-state index contributed by atoms with van der Waals surface area (Å²) in [5.41, 5.74) is 1.04. The Hall–Kier alpha value is -1.68. The molecule has 0 bridgehead atoms. The van der Waals surface area contributed by atoms with Crippen LogP contribution in [0.2, 0.25) is 0 Å². The van der Waals surface area contributed by atoms with Crippen LogP contribution in [0, 0.1) is 0 Å². The van der Waals surface area contributed by atoms with Crippen molar-refractivity contribution in [2.75, 3.05) is 20.3 Å². The number of nitrogens with zero attached hydrogens (tertiary/aromatic N) is 1. The summed E-state index contributed by atoms with van der Waals surface area (Å²) in [7, 11) is 1.64. The molecule has 17 heavy (non-hydrogen) atoms. The molecule has 2 amide bonds. The van der Waals surface area contributed by atoms with E-state index in [1.165, 1.54) is 4.90 Å². The van der Waals surface area contributed by atoms with Crippen molar-refractivity contribution in [3.05, 3.63) is 35.4 Å². The molecule has 0 aliphatic carbocycles. The Morgan fingerprint density at radius 2 is 1.65 bits per heavy atom. The molecule has 4 nitrogen and oxygen atoms in total. The zero-order valence-corrected chi connectivity index (χ0v) is 9.81. The van der Waals surface area contributed by atoms with Gasteiger partial charge in [0.2, 0.25) is 0 Å². The van der Waals surface area contributed by atoms with E-state index in [1.807, 2.05) is 0 Å². The second kappa shape index (κ2) is 5.10. The summed E-state index contributed by atoms with van der Waals surface area (Å²) in [5, 5.41) is 0. The number of carbonyl (C=O) groups is 2. The van der Waals surface area contributed by atoms with Crippen LogP contribution in [0.25, 0.3) is 0 Å². The highest BCUT2D eigenvalue weighted by Crippen LogP contribution is 2.22. The lowest BCUT2D eigenvalue weighted by Gasteiger charge is -2.13. The molecule has 1 aromatic carbocycles. The summed E-state index contributed by atoms with van der Waals surface area (Å²) >= 11 is 0. The number of rotatable bonds is 5. The number of methoxy groups -OCH3 is 1. The lowest BCUT2D eigenvalue weighted by atomic mass is 10.1. The average molecular weight is 233 g/mol. The van der Waals surface area contributed by atoms with Crippen molar-refractivity contribution in [1.29, 1.82) is 0 Å². The van der Waals surface area contributed by atoms with Gasteiger partial charge in [0.25, 0.3) is 11.8 Å². The van der Waals surface area contributed by atoms with Crippen molar-refractivity contribution < 1.29 is 14.3 Å². The highest BCUT2D eigenvalue weighted by molar-refractivity contribution is 6.21. The van der Waals surface area contributed by atoms with Crippen molar-refractivity contribution in [1.82, 2.24) is 4.90 Å². The summed E-state index contributed by atoms with van der Waals surface area (Å²) in [5.74, 6) is -0.356. The Kier molecular flexibility index (Phi) is 3.54. The highest BCUT2D eigenvalue weighted by atomic mass is 16.5. The first kappa shape index (κ1) is 11.8. The molecule has 0 N–H and O–H groups in total. The van der Waals surface area contributed by atoms with Gasteiger partial charge in [-0.25, -0.2) is 0 Å². The zero-order valence-electron chi connectivity index (χ0n) is 9.81. The van der Waals surface area contributed by atoms with Crippen LogP contribution in [0.5, 0.6) is 0 Å². The van der Waals surface area contributed by atoms with Gasteiger partial charge < -0.3 is 4.74 Å². The molecular formula is C13H15NO3. The van der Waals surface area contributed by atoms with E-state index in [9.17, 15) is 9.59 Å². The maximum absolute atomic E-state index is 11.9. The molecule has 1 aliphatic rings. The molecule has 0 spiro atoms. The van der Waals surface area contributed by atoms with Gasteiger partial charge in [-0.2, -0.15) is 0 Å². The van der Waals surface area contributed by atoms with Crippen molar-refractivity contribution >= 4 is 11.8 Å². The maximum Gasteiger partial charge on any atom is 0.261 e. The smallest absolute Gasteiger partial charge is 0.261 e. The van der Waals surface area contributed by atoms with Crippen LogP contribution in [0.3, 0.4) is 0 Å². The number of hydrogen-bond donors (Lipinski definition) is 0. The predicted molar refractivity (Wildman–Crippen MR) is 62.9 cm³/mol. The van der Waals surface area contributed by atoms with E-state index in [-0.39, 0.29) is 11.8 Å². The molecule has 1 aromatic rings. The van der Waals surface area contributed by atoms with Gasteiger partial charge in [-0.05, 0) is 25.0 Å². The summed E-state index contributed by atoms with van der Waals surface area (Å²) in [6.07, 6.45) is 1.63. The molecule has 0 unspecified atom stereocenters. The molecule has 1 aliphatic heterocycles. The SMILES string of the molecule is COCCCCN1C(=O)c2ccccc2C1=O. The van der Waals surface area contributed by atoms with Crippen LogP contribution in [0.15, 0.2) is 24.3 Å². The standard InChI is InChI=1S/C13H15NO3/c1-17-9-5-4-8-14-12(15)10-6-2-3-7-11(10)13(14)16/h2-3,6-7H,4-5,8-9H2,1H3. The van der Waals surface area contributed by atoms with Crippen LogP contribution in [0.4, 0.5) is 0 Å². The topological polar surface area (TPSA) is 46.6 Å². The van der Waals surface area contributed by atoms with Gasteiger partial charge in [-0.15, -0.1) is 0 Å². The van der Waals surface area contributed by atoms with Crippen LogP contribution in [-0.4, -0.2) is 37.0 Å². The third kappa shape index (κ3) is 2.22. The fourth-order valence-corrected chi connectivity index (χ4v) is 1.96. The lowest BCUT2D eigenvalue weighted by molar-refractivity contribution is 0.0647. The van der Waals surface area contributed by atoms with E-state index in [4.69, 9.17) is 4.74 Å². The summed E-state index contributed by atoms with van der Waals surface area (Å²) in [6.45, 7) is 1.12. The average Bonchev–Trinajstić information content (AvgIpc) is 2.60. The van der Waals surface area contributed by atoms with Crippen LogP contribution >= 0.6 is 0 Å². The summed E-state index contributed by atoms with van der Waals surface area (Å²) in [4.78, 5) is 25.2. The monoisotopic (exact) mass is 233 g/mol. The molecule has 4 heteroatoms. The van der Waals surface area contributed by atoms with Gasteiger partial charge in [-0.3, -0.25) is 14.5 Å². The van der Waals surface area contributed by atoms with Gasteiger partial charge in [0, 0.05) is 20.3 Å². The van der Waals surface area contributed by atoms with Gasteiger partial charge in [0.15, 0.2) is 0 Å². The fourth-order valence-electron chi connectivity index (χ4n) is 1.96. The van der Waals surface area contributed by atoms with Gasteiger partial charge >= 0.3 is 0 Å². The normalized spacial score (nSPS) is 14.3. The number of benzene rings is 1. The number of ether oxygens (including phenoxy) is 1. The first-order chi connectivity index (χ1) is 8.25. The van der Waals surface area contributed by atoms with Crippen molar-refractivity contribution in [2.45, 2.75) is 12.8 Å². The Bertz CT molecular complexity index is 407. The third-order valence-electron chi connectivity index (χ3n) is 2.86. The van der Waals surface area contributed by atoms with Crippen LogP contribution in [0.1, 0.15) is 33.6 Å². The Labute approximate surface area is 100 Å². The quantitative estimate of drug-likeness (QED) is 0.574. The Balaban J connectivity index is 2.03. The minimum atomic E-state index is -0.178. The molecule has 90 valence electrons.